The summed E-state index contributed by atoms with van der Waals surface area (Å²) in [5, 5.41) is 2.84. The fourth-order valence-electron chi connectivity index (χ4n) is 3.17. The van der Waals surface area contributed by atoms with Crippen LogP contribution in [0, 0.1) is 0 Å². The highest BCUT2D eigenvalue weighted by atomic mass is 16.2. The predicted octanol–water partition coefficient (Wildman–Crippen LogP) is 2.06. The van der Waals surface area contributed by atoms with Crippen molar-refractivity contribution >= 4 is 46.8 Å². The minimum atomic E-state index is -0.912. The van der Waals surface area contributed by atoms with Crippen LogP contribution in [0.25, 0.3) is 0 Å². The summed E-state index contributed by atoms with van der Waals surface area (Å²) in [5.41, 5.74) is 0.365. The third kappa shape index (κ3) is 5.88. The number of hydrogen-bond acceptors (Lipinski definition) is 6. The third-order valence-electron chi connectivity index (χ3n) is 4.37. The molecule has 0 atom stereocenters. The summed E-state index contributed by atoms with van der Waals surface area (Å²) in [4.78, 5) is 75.1. The summed E-state index contributed by atoms with van der Waals surface area (Å²) in [6, 6.07) is 15.7. The molecule has 0 heterocycles. The van der Waals surface area contributed by atoms with Crippen molar-refractivity contribution in [3.8, 4) is 0 Å². The molecule has 0 unspecified atom stereocenters. The van der Waals surface area contributed by atoms with E-state index >= 15 is 0 Å². The van der Waals surface area contributed by atoms with Gasteiger partial charge in [-0.25, -0.2) is 10.0 Å². The number of imide groups is 2. The van der Waals surface area contributed by atoms with Crippen molar-refractivity contribution in [3.63, 3.8) is 0 Å². The molecule has 10 heteroatoms. The zero-order chi connectivity index (χ0) is 24.7. The molecule has 0 radical (unpaired) electrons. The van der Waals surface area contributed by atoms with Crippen LogP contribution in [0.15, 0.2) is 60.7 Å². The van der Waals surface area contributed by atoms with Gasteiger partial charge in [-0.3, -0.25) is 28.8 Å². The van der Waals surface area contributed by atoms with Gasteiger partial charge in [0.1, 0.15) is 6.42 Å². The molecular weight excluding hydrogens is 428 g/mol. The minimum Gasteiger partial charge on any atom is -0.273 e. The van der Waals surface area contributed by atoms with Gasteiger partial charge in [0.05, 0.1) is 11.4 Å². The van der Waals surface area contributed by atoms with E-state index in [9.17, 15) is 28.8 Å². The van der Waals surface area contributed by atoms with Crippen molar-refractivity contribution in [2.24, 2.45) is 0 Å². The molecule has 0 saturated heterocycles. The Morgan fingerprint density at radius 3 is 1.03 bits per heavy atom. The Morgan fingerprint density at radius 1 is 0.515 bits per heavy atom. The van der Waals surface area contributed by atoms with Crippen LogP contribution in [0.2, 0.25) is 0 Å². The molecule has 2 rings (SSSR count). The molecule has 33 heavy (non-hydrogen) atoms. The second kappa shape index (κ2) is 10.8. The quantitative estimate of drug-likeness (QED) is 0.518. The SMILES string of the molecule is CC(=O)N(C(C)=O)N(C(=O)CC(=O)N(c1ccccc1)N(C(C)=O)C(C)=O)c1ccccc1. The van der Waals surface area contributed by atoms with Crippen LogP contribution in [0.5, 0.6) is 0 Å². The van der Waals surface area contributed by atoms with Crippen LogP contribution in [0.4, 0.5) is 11.4 Å². The van der Waals surface area contributed by atoms with Gasteiger partial charge in [0.15, 0.2) is 0 Å². The van der Waals surface area contributed by atoms with E-state index in [1.807, 2.05) is 0 Å². The summed E-state index contributed by atoms with van der Waals surface area (Å²) >= 11 is 0. The van der Waals surface area contributed by atoms with E-state index in [0.717, 1.165) is 37.7 Å². The second-order valence-electron chi connectivity index (χ2n) is 6.96. The lowest BCUT2D eigenvalue weighted by molar-refractivity contribution is -0.148. The Kier molecular flexibility index (Phi) is 8.16. The molecule has 0 saturated carbocycles. The standard InChI is InChI=1S/C23H24N4O6/c1-16(28)24(17(2)29)26(20-11-7-5-8-12-20)22(32)15-23(33)27(21-13-9-6-10-14-21)25(18(3)30)19(4)31/h5-14H,15H2,1-4H3. The van der Waals surface area contributed by atoms with Crippen molar-refractivity contribution in [2.75, 3.05) is 10.0 Å². The van der Waals surface area contributed by atoms with Gasteiger partial charge in [-0.2, -0.15) is 10.0 Å². The van der Waals surface area contributed by atoms with Crippen LogP contribution >= 0.6 is 0 Å². The molecule has 2 aromatic rings. The molecule has 0 aliphatic carbocycles. The summed E-state index contributed by atoms with van der Waals surface area (Å²) in [6.45, 7) is 4.43. The number of benzene rings is 2. The van der Waals surface area contributed by atoms with Gasteiger partial charge in [0.2, 0.25) is 23.6 Å². The van der Waals surface area contributed by atoms with Crippen LogP contribution < -0.4 is 10.0 Å². The molecule has 0 spiro atoms. The van der Waals surface area contributed by atoms with E-state index in [-0.39, 0.29) is 11.4 Å². The Balaban J connectivity index is 2.50. The van der Waals surface area contributed by atoms with Crippen molar-refractivity contribution in [2.45, 2.75) is 34.1 Å². The maximum absolute atomic E-state index is 13.2. The number of carbonyl (C=O) groups is 6. The number of hydrazine groups is 2. The Labute approximate surface area is 190 Å². The molecule has 0 fully saturated rings. The molecule has 2 aromatic carbocycles. The number of carbonyl (C=O) groups excluding carboxylic acids is 6. The molecule has 0 bridgehead atoms. The van der Waals surface area contributed by atoms with Crippen molar-refractivity contribution in [1.82, 2.24) is 10.0 Å². The zero-order valence-corrected chi connectivity index (χ0v) is 18.7. The number of para-hydroxylation sites is 2. The van der Waals surface area contributed by atoms with Crippen LogP contribution in [-0.2, 0) is 28.8 Å². The smallest absolute Gasteiger partial charge is 0.255 e. The number of rotatable bonds is 4. The van der Waals surface area contributed by atoms with Gasteiger partial charge in [0.25, 0.3) is 11.8 Å². The maximum Gasteiger partial charge on any atom is 0.255 e. The normalized spacial score (nSPS) is 10.1. The van der Waals surface area contributed by atoms with Gasteiger partial charge in [-0.05, 0) is 24.3 Å². The Morgan fingerprint density at radius 2 is 0.788 bits per heavy atom. The zero-order valence-electron chi connectivity index (χ0n) is 18.7. The Bertz CT molecular complexity index is 957. The lowest BCUT2D eigenvalue weighted by Crippen LogP contribution is -2.55. The average Bonchev–Trinajstić information content (AvgIpc) is 2.75. The molecule has 0 aliphatic rings. The van der Waals surface area contributed by atoms with Crippen LogP contribution in [-0.4, -0.2) is 45.5 Å². The van der Waals surface area contributed by atoms with Crippen molar-refractivity contribution < 1.29 is 28.8 Å². The molecule has 0 aromatic heterocycles. The number of hydrogen-bond donors (Lipinski definition) is 0. The highest BCUT2D eigenvalue weighted by Gasteiger charge is 2.34. The average molecular weight is 452 g/mol. The van der Waals surface area contributed by atoms with E-state index in [1.165, 1.54) is 24.3 Å². The monoisotopic (exact) mass is 452 g/mol. The third-order valence-corrected chi connectivity index (χ3v) is 4.37. The molecular formula is C23H24N4O6. The molecule has 0 N–H and O–H groups in total. The number of amides is 6. The molecule has 172 valence electrons. The fraction of sp³-hybridized carbons (Fsp3) is 0.217. The van der Waals surface area contributed by atoms with E-state index in [0.29, 0.717) is 10.0 Å². The first-order valence-electron chi connectivity index (χ1n) is 9.94. The van der Waals surface area contributed by atoms with Crippen LogP contribution in [0.3, 0.4) is 0 Å². The van der Waals surface area contributed by atoms with Gasteiger partial charge >= 0.3 is 0 Å². The predicted molar refractivity (Wildman–Crippen MR) is 119 cm³/mol. The molecule has 6 amide bonds. The lowest BCUT2D eigenvalue weighted by Gasteiger charge is -2.34. The first-order valence-corrected chi connectivity index (χ1v) is 9.94. The number of anilines is 2. The fourth-order valence-corrected chi connectivity index (χ4v) is 3.17. The van der Waals surface area contributed by atoms with E-state index < -0.39 is 41.9 Å². The summed E-state index contributed by atoms with van der Waals surface area (Å²) in [5.74, 6) is -4.76. The topological polar surface area (TPSA) is 115 Å². The number of nitrogens with zero attached hydrogens (tertiary/aromatic N) is 4. The summed E-state index contributed by atoms with van der Waals surface area (Å²) < 4.78 is 0. The summed E-state index contributed by atoms with van der Waals surface area (Å²) in [7, 11) is 0. The van der Waals surface area contributed by atoms with Gasteiger partial charge in [-0.15, -0.1) is 0 Å². The maximum atomic E-state index is 13.2. The van der Waals surface area contributed by atoms with Crippen molar-refractivity contribution in [3.05, 3.63) is 60.7 Å². The minimum absolute atomic E-state index is 0.182. The summed E-state index contributed by atoms with van der Waals surface area (Å²) in [6.07, 6.45) is -0.849. The first kappa shape index (κ1) is 24.9. The lowest BCUT2D eigenvalue weighted by atomic mass is 10.2. The molecule has 10 nitrogen and oxygen atoms in total. The Hall–Kier alpha value is -4.34. The largest absolute Gasteiger partial charge is 0.273 e. The van der Waals surface area contributed by atoms with Crippen molar-refractivity contribution in [1.29, 1.82) is 0 Å². The van der Waals surface area contributed by atoms with Gasteiger partial charge in [0, 0.05) is 27.7 Å². The van der Waals surface area contributed by atoms with E-state index in [1.54, 1.807) is 36.4 Å². The second-order valence-corrected chi connectivity index (χ2v) is 6.96. The first-order chi connectivity index (χ1) is 15.6. The van der Waals surface area contributed by atoms with Crippen LogP contribution in [0.1, 0.15) is 34.1 Å². The van der Waals surface area contributed by atoms with Gasteiger partial charge in [-0.1, -0.05) is 36.4 Å². The molecule has 0 aliphatic heterocycles. The van der Waals surface area contributed by atoms with Gasteiger partial charge < -0.3 is 0 Å². The van der Waals surface area contributed by atoms with E-state index in [4.69, 9.17) is 0 Å². The highest BCUT2D eigenvalue weighted by molar-refractivity contribution is 6.14. The highest BCUT2D eigenvalue weighted by Crippen LogP contribution is 2.22. The van der Waals surface area contributed by atoms with E-state index in [2.05, 4.69) is 0 Å².